The predicted molar refractivity (Wildman–Crippen MR) is 70.3 cm³/mol. The van der Waals surface area contributed by atoms with E-state index in [2.05, 4.69) is 20.6 Å². The van der Waals surface area contributed by atoms with Crippen LogP contribution in [0.5, 0.6) is 0 Å². The maximum absolute atomic E-state index is 11.2. The van der Waals surface area contributed by atoms with Crippen LogP contribution in [-0.2, 0) is 10.8 Å². The lowest BCUT2D eigenvalue weighted by atomic mass is 10.4. The molecule has 100 valence electrons. The third-order valence-electron chi connectivity index (χ3n) is 2.13. The molecular weight excluding hydrogens is 258 g/mol. The molecule has 1 unspecified atom stereocenters. The SMILES string of the molecule is CCS(=O)CCNc1nc(NC)ncc1[N+](=O)[O-]. The molecule has 0 aromatic carbocycles. The van der Waals surface area contributed by atoms with E-state index < -0.39 is 15.7 Å². The molecule has 1 heterocycles. The first-order valence-electron chi connectivity index (χ1n) is 5.36. The largest absolute Gasteiger partial charge is 0.363 e. The van der Waals surface area contributed by atoms with Gasteiger partial charge in [0.05, 0.1) is 4.92 Å². The van der Waals surface area contributed by atoms with Gasteiger partial charge in [-0.05, 0) is 0 Å². The zero-order valence-corrected chi connectivity index (χ0v) is 11.0. The van der Waals surface area contributed by atoms with Gasteiger partial charge < -0.3 is 10.6 Å². The monoisotopic (exact) mass is 273 g/mol. The van der Waals surface area contributed by atoms with Crippen LogP contribution in [0.15, 0.2) is 6.20 Å². The van der Waals surface area contributed by atoms with E-state index in [1.807, 2.05) is 6.92 Å². The Morgan fingerprint density at radius 2 is 2.28 bits per heavy atom. The lowest BCUT2D eigenvalue weighted by molar-refractivity contribution is -0.384. The van der Waals surface area contributed by atoms with E-state index >= 15 is 0 Å². The number of nitrogens with zero attached hydrogens (tertiary/aromatic N) is 3. The van der Waals surface area contributed by atoms with Gasteiger partial charge in [-0.15, -0.1) is 0 Å². The first-order chi connectivity index (χ1) is 8.58. The highest BCUT2D eigenvalue weighted by molar-refractivity contribution is 7.84. The highest BCUT2D eigenvalue weighted by Gasteiger charge is 2.16. The average molecular weight is 273 g/mol. The first-order valence-corrected chi connectivity index (χ1v) is 6.85. The van der Waals surface area contributed by atoms with Crippen LogP contribution in [0.25, 0.3) is 0 Å². The summed E-state index contributed by atoms with van der Waals surface area (Å²) >= 11 is 0. The Hall–Kier alpha value is -1.77. The van der Waals surface area contributed by atoms with Crippen molar-refractivity contribution in [3.05, 3.63) is 16.3 Å². The molecule has 2 N–H and O–H groups in total. The highest BCUT2D eigenvalue weighted by Crippen LogP contribution is 2.21. The van der Waals surface area contributed by atoms with Gasteiger partial charge in [0.2, 0.25) is 11.8 Å². The quantitative estimate of drug-likeness (QED) is 0.553. The number of nitrogens with one attached hydrogen (secondary N) is 2. The molecule has 0 saturated carbocycles. The second-order valence-corrected chi connectivity index (χ2v) is 5.16. The summed E-state index contributed by atoms with van der Waals surface area (Å²) < 4.78 is 11.2. The molecule has 0 aliphatic carbocycles. The summed E-state index contributed by atoms with van der Waals surface area (Å²) in [6.45, 7) is 2.18. The highest BCUT2D eigenvalue weighted by atomic mass is 32.2. The summed E-state index contributed by atoms with van der Waals surface area (Å²) in [5, 5.41) is 16.3. The Kier molecular flexibility index (Phi) is 5.43. The van der Waals surface area contributed by atoms with Crippen molar-refractivity contribution >= 4 is 28.3 Å². The van der Waals surface area contributed by atoms with Gasteiger partial charge in [0.15, 0.2) is 0 Å². The van der Waals surface area contributed by atoms with Gasteiger partial charge in [0, 0.05) is 35.9 Å². The summed E-state index contributed by atoms with van der Waals surface area (Å²) in [5.74, 6) is 1.41. The Bertz CT molecular complexity index is 454. The van der Waals surface area contributed by atoms with Crippen molar-refractivity contribution in [2.24, 2.45) is 0 Å². The van der Waals surface area contributed by atoms with Gasteiger partial charge in [-0.1, -0.05) is 6.92 Å². The molecule has 1 rings (SSSR count). The minimum atomic E-state index is -0.916. The van der Waals surface area contributed by atoms with Crippen LogP contribution in [0.3, 0.4) is 0 Å². The number of anilines is 2. The van der Waals surface area contributed by atoms with Crippen LogP contribution in [-0.4, -0.2) is 44.2 Å². The zero-order valence-electron chi connectivity index (χ0n) is 10.2. The summed E-state index contributed by atoms with van der Waals surface area (Å²) in [4.78, 5) is 18.0. The first kappa shape index (κ1) is 14.3. The van der Waals surface area contributed by atoms with Crippen molar-refractivity contribution in [1.29, 1.82) is 0 Å². The average Bonchev–Trinajstić information content (AvgIpc) is 2.37. The van der Waals surface area contributed by atoms with Crippen LogP contribution >= 0.6 is 0 Å². The second-order valence-electron chi connectivity index (χ2n) is 3.29. The lowest BCUT2D eigenvalue weighted by Gasteiger charge is -2.06. The van der Waals surface area contributed by atoms with E-state index in [-0.39, 0.29) is 11.5 Å². The Labute approximate surface area is 107 Å². The zero-order chi connectivity index (χ0) is 13.5. The second kappa shape index (κ2) is 6.84. The summed E-state index contributed by atoms with van der Waals surface area (Å²) in [5.41, 5.74) is -0.198. The molecule has 18 heavy (non-hydrogen) atoms. The van der Waals surface area contributed by atoms with Crippen LogP contribution < -0.4 is 10.6 Å². The van der Waals surface area contributed by atoms with E-state index in [1.54, 1.807) is 7.05 Å². The minimum Gasteiger partial charge on any atom is -0.363 e. The molecule has 0 bridgehead atoms. The molecule has 0 spiro atoms. The number of aromatic nitrogens is 2. The van der Waals surface area contributed by atoms with E-state index in [4.69, 9.17) is 0 Å². The normalized spacial score (nSPS) is 11.9. The van der Waals surface area contributed by atoms with Crippen LogP contribution in [0.2, 0.25) is 0 Å². The van der Waals surface area contributed by atoms with Crippen molar-refractivity contribution in [2.45, 2.75) is 6.92 Å². The topological polar surface area (TPSA) is 110 Å². The number of nitro groups is 1. The fourth-order valence-electron chi connectivity index (χ4n) is 1.19. The molecule has 1 aromatic heterocycles. The predicted octanol–water partition coefficient (Wildman–Crippen LogP) is 0.607. The molecule has 0 amide bonds. The Morgan fingerprint density at radius 3 is 2.83 bits per heavy atom. The molecule has 0 aliphatic rings. The molecule has 9 heteroatoms. The minimum absolute atomic E-state index is 0.132. The fourth-order valence-corrected chi connectivity index (χ4v) is 1.81. The van der Waals surface area contributed by atoms with Gasteiger partial charge in [-0.25, -0.2) is 4.98 Å². The standard InChI is InChI=1S/C9H15N5O3S/c1-3-18(17)5-4-11-8-7(14(15)16)6-12-9(10-2)13-8/h6H,3-5H2,1-2H3,(H2,10,11,12,13). The van der Waals surface area contributed by atoms with Crippen molar-refractivity contribution in [1.82, 2.24) is 9.97 Å². The van der Waals surface area contributed by atoms with Crippen molar-refractivity contribution < 1.29 is 9.13 Å². The van der Waals surface area contributed by atoms with E-state index in [9.17, 15) is 14.3 Å². The summed E-state index contributed by atoms with van der Waals surface area (Å²) in [6.07, 6.45) is 1.14. The van der Waals surface area contributed by atoms with E-state index in [1.165, 1.54) is 0 Å². The third kappa shape index (κ3) is 3.91. The van der Waals surface area contributed by atoms with Crippen molar-refractivity contribution in [3.8, 4) is 0 Å². The molecule has 0 saturated heterocycles. The Morgan fingerprint density at radius 1 is 1.56 bits per heavy atom. The molecule has 0 radical (unpaired) electrons. The molecule has 1 atom stereocenters. The smallest absolute Gasteiger partial charge is 0.329 e. The van der Waals surface area contributed by atoms with Crippen LogP contribution in [0, 0.1) is 10.1 Å². The molecule has 8 nitrogen and oxygen atoms in total. The lowest BCUT2D eigenvalue weighted by Crippen LogP contribution is -2.14. The summed E-state index contributed by atoms with van der Waals surface area (Å²) in [7, 11) is 0.706. The maximum atomic E-state index is 11.2. The van der Waals surface area contributed by atoms with Crippen molar-refractivity contribution in [2.75, 3.05) is 35.7 Å². The van der Waals surface area contributed by atoms with Crippen LogP contribution in [0.4, 0.5) is 17.5 Å². The summed E-state index contributed by atoms with van der Waals surface area (Å²) in [6, 6.07) is 0. The number of hydrogen-bond acceptors (Lipinski definition) is 7. The van der Waals surface area contributed by atoms with Gasteiger partial charge in [0.1, 0.15) is 6.20 Å². The molecular formula is C9H15N5O3S. The number of rotatable bonds is 7. The van der Waals surface area contributed by atoms with Crippen LogP contribution in [0.1, 0.15) is 6.92 Å². The van der Waals surface area contributed by atoms with Gasteiger partial charge in [-0.2, -0.15) is 4.98 Å². The van der Waals surface area contributed by atoms with E-state index in [0.717, 1.165) is 6.20 Å². The van der Waals surface area contributed by atoms with Crippen molar-refractivity contribution in [3.63, 3.8) is 0 Å². The third-order valence-corrected chi connectivity index (χ3v) is 3.44. The number of hydrogen-bond donors (Lipinski definition) is 2. The van der Waals surface area contributed by atoms with Gasteiger partial charge in [0.25, 0.3) is 0 Å². The van der Waals surface area contributed by atoms with Gasteiger partial charge >= 0.3 is 5.69 Å². The molecule has 1 aromatic rings. The molecule has 0 fully saturated rings. The van der Waals surface area contributed by atoms with Gasteiger partial charge in [-0.3, -0.25) is 14.3 Å². The maximum Gasteiger partial charge on any atom is 0.329 e. The Balaban J connectivity index is 2.78. The fraction of sp³-hybridized carbons (Fsp3) is 0.556. The molecule has 0 aliphatic heterocycles. The van der Waals surface area contributed by atoms with E-state index in [0.29, 0.717) is 24.0 Å².